The van der Waals surface area contributed by atoms with Crippen molar-refractivity contribution < 1.29 is 13.2 Å². The molecule has 0 bridgehead atoms. The zero-order valence-corrected chi connectivity index (χ0v) is 11.8. The largest absolute Gasteiger partial charge is 0.391 e. The van der Waals surface area contributed by atoms with Crippen LogP contribution in [0.15, 0.2) is 24.3 Å². The van der Waals surface area contributed by atoms with Gasteiger partial charge in [0, 0.05) is 6.04 Å². The van der Waals surface area contributed by atoms with Crippen LogP contribution < -0.4 is 5.32 Å². The molecule has 112 valence electrons. The van der Waals surface area contributed by atoms with Gasteiger partial charge in [0.15, 0.2) is 0 Å². The first kappa shape index (κ1) is 15.4. The average Bonchev–Trinajstić information content (AvgIpc) is 2.40. The first-order chi connectivity index (χ1) is 9.47. The summed E-state index contributed by atoms with van der Waals surface area (Å²) < 4.78 is 38.2. The molecule has 4 heteroatoms. The normalized spacial score (nSPS) is 23.8. The summed E-state index contributed by atoms with van der Waals surface area (Å²) >= 11 is 0. The lowest BCUT2D eigenvalue weighted by Gasteiger charge is -2.31. The molecule has 20 heavy (non-hydrogen) atoms. The number of hydrogen-bond donors (Lipinski definition) is 1. The molecular formula is C16H22F3N. The maximum absolute atomic E-state index is 12.7. The molecule has 0 amide bonds. The molecule has 0 radical (unpaired) electrons. The number of hydrogen-bond acceptors (Lipinski definition) is 1. The van der Waals surface area contributed by atoms with Gasteiger partial charge in [-0.15, -0.1) is 0 Å². The molecular weight excluding hydrogens is 263 g/mol. The number of alkyl halides is 3. The lowest BCUT2D eigenvalue weighted by molar-refractivity contribution is -0.183. The van der Waals surface area contributed by atoms with Crippen LogP contribution in [-0.4, -0.2) is 18.8 Å². The average molecular weight is 285 g/mol. The van der Waals surface area contributed by atoms with E-state index in [9.17, 15) is 13.2 Å². The second-order valence-corrected chi connectivity index (χ2v) is 5.73. The maximum atomic E-state index is 12.7. The summed E-state index contributed by atoms with van der Waals surface area (Å²) in [5.41, 5.74) is 2.51. The van der Waals surface area contributed by atoms with Crippen LogP contribution in [0, 0.1) is 12.8 Å². The van der Waals surface area contributed by atoms with Gasteiger partial charge < -0.3 is 5.32 Å². The molecule has 0 saturated heterocycles. The highest BCUT2D eigenvalue weighted by Crippen LogP contribution is 2.37. The molecule has 0 spiro atoms. The zero-order valence-electron chi connectivity index (χ0n) is 11.8. The van der Waals surface area contributed by atoms with Crippen LogP contribution >= 0.6 is 0 Å². The van der Waals surface area contributed by atoms with Gasteiger partial charge in [-0.3, -0.25) is 0 Å². The van der Waals surface area contributed by atoms with Crippen molar-refractivity contribution in [2.75, 3.05) is 6.54 Å². The predicted molar refractivity (Wildman–Crippen MR) is 74.7 cm³/mol. The standard InChI is InChI=1S/C16H22F3N/c1-12-5-2-3-6-13(12)9-10-20-15-8-4-7-14(11-15)16(17,18)19/h2-3,5-6,14-15,20H,4,7-11H2,1H3. The van der Waals surface area contributed by atoms with E-state index < -0.39 is 12.1 Å². The zero-order chi connectivity index (χ0) is 14.6. The van der Waals surface area contributed by atoms with Crippen molar-refractivity contribution in [3.63, 3.8) is 0 Å². The van der Waals surface area contributed by atoms with Crippen molar-refractivity contribution in [2.45, 2.75) is 51.2 Å². The topological polar surface area (TPSA) is 12.0 Å². The van der Waals surface area contributed by atoms with Gasteiger partial charge in [0.05, 0.1) is 5.92 Å². The molecule has 1 aliphatic carbocycles. The third-order valence-electron chi connectivity index (χ3n) is 4.23. The van der Waals surface area contributed by atoms with E-state index in [0.717, 1.165) is 19.4 Å². The Morgan fingerprint density at radius 2 is 1.95 bits per heavy atom. The van der Waals surface area contributed by atoms with Gasteiger partial charge >= 0.3 is 6.18 Å². The third-order valence-corrected chi connectivity index (χ3v) is 4.23. The Bertz CT molecular complexity index is 428. The molecule has 1 aromatic carbocycles. The molecule has 1 aromatic rings. The van der Waals surface area contributed by atoms with Crippen LogP contribution in [0.1, 0.15) is 36.8 Å². The van der Waals surface area contributed by atoms with Gasteiger partial charge in [-0.25, -0.2) is 0 Å². The molecule has 1 aliphatic rings. The van der Waals surface area contributed by atoms with Crippen LogP contribution in [0.25, 0.3) is 0 Å². The second-order valence-electron chi connectivity index (χ2n) is 5.73. The van der Waals surface area contributed by atoms with E-state index in [1.165, 1.54) is 11.1 Å². The van der Waals surface area contributed by atoms with Crippen molar-refractivity contribution >= 4 is 0 Å². The van der Waals surface area contributed by atoms with Crippen LogP contribution in [0.3, 0.4) is 0 Å². The number of aryl methyl sites for hydroxylation is 1. The van der Waals surface area contributed by atoms with Crippen LogP contribution in [-0.2, 0) is 6.42 Å². The molecule has 2 atom stereocenters. The summed E-state index contributed by atoms with van der Waals surface area (Å²) in [5.74, 6) is -1.12. The Hall–Kier alpha value is -1.03. The van der Waals surface area contributed by atoms with Crippen molar-refractivity contribution in [3.8, 4) is 0 Å². The quantitative estimate of drug-likeness (QED) is 0.872. The van der Waals surface area contributed by atoms with Crippen molar-refractivity contribution in [1.29, 1.82) is 0 Å². The van der Waals surface area contributed by atoms with E-state index in [2.05, 4.69) is 24.4 Å². The summed E-state index contributed by atoms with van der Waals surface area (Å²) in [7, 11) is 0. The smallest absolute Gasteiger partial charge is 0.314 e. The first-order valence-electron chi connectivity index (χ1n) is 7.31. The maximum Gasteiger partial charge on any atom is 0.391 e. The first-order valence-corrected chi connectivity index (χ1v) is 7.31. The van der Waals surface area contributed by atoms with E-state index >= 15 is 0 Å². The fourth-order valence-electron chi connectivity index (χ4n) is 2.97. The minimum Gasteiger partial charge on any atom is -0.314 e. The summed E-state index contributed by atoms with van der Waals surface area (Å²) in [6.45, 7) is 2.82. The Balaban J connectivity index is 1.78. The predicted octanol–water partition coefficient (Wildman–Crippen LogP) is 4.25. The Kier molecular flexibility index (Phi) is 5.08. The van der Waals surface area contributed by atoms with Gasteiger partial charge in [-0.2, -0.15) is 13.2 Å². The molecule has 2 unspecified atom stereocenters. The highest BCUT2D eigenvalue weighted by molar-refractivity contribution is 5.25. The number of halogens is 3. The Morgan fingerprint density at radius 1 is 1.20 bits per heavy atom. The molecule has 1 N–H and O–H groups in total. The molecule has 0 heterocycles. The third kappa shape index (κ3) is 4.23. The van der Waals surface area contributed by atoms with E-state index in [1.54, 1.807) is 0 Å². The van der Waals surface area contributed by atoms with E-state index in [0.29, 0.717) is 12.8 Å². The van der Waals surface area contributed by atoms with E-state index in [-0.39, 0.29) is 12.5 Å². The molecule has 2 rings (SSSR count). The summed E-state index contributed by atoms with van der Waals surface area (Å²) in [6, 6.07) is 8.16. The van der Waals surface area contributed by atoms with Gasteiger partial charge in [0.25, 0.3) is 0 Å². The van der Waals surface area contributed by atoms with Crippen molar-refractivity contribution in [2.24, 2.45) is 5.92 Å². The van der Waals surface area contributed by atoms with Crippen LogP contribution in [0.2, 0.25) is 0 Å². The summed E-state index contributed by atoms with van der Waals surface area (Å²) in [6.07, 6.45) is -1.10. The minimum absolute atomic E-state index is 0.0133. The highest BCUT2D eigenvalue weighted by atomic mass is 19.4. The van der Waals surface area contributed by atoms with Crippen LogP contribution in [0.5, 0.6) is 0 Å². The second kappa shape index (κ2) is 6.61. The lowest BCUT2D eigenvalue weighted by atomic mass is 9.85. The van der Waals surface area contributed by atoms with Gasteiger partial charge in [0.2, 0.25) is 0 Å². The summed E-state index contributed by atoms with van der Waals surface area (Å²) in [5, 5.41) is 3.30. The van der Waals surface area contributed by atoms with Gasteiger partial charge in [-0.1, -0.05) is 30.7 Å². The highest BCUT2D eigenvalue weighted by Gasteiger charge is 2.41. The number of benzene rings is 1. The monoisotopic (exact) mass is 285 g/mol. The lowest BCUT2D eigenvalue weighted by Crippen LogP contribution is -2.39. The molecule has 0 aliphatic heterocycles. The molecule has 0 aromatic heterocycles. The van der Waals surface area contributed by atoms with Crippen molar-refractivity contribution in [1.82, 2.24) is 5.32 Å². The fraction of sp³-hybridized carbons (Fsp3) is 0.625. The van der Waals surface area contributed by atoms with Gasteiger partial charge in [-0.05, 0) is 50.3 Å². The number of rotatable bonds is 4. The SMILES string of the molecule is Cc1ccccc1CCNC1CCCC(C(F)(F)F)C1. The molecule has 1 fully saturated rings. The van der Waals surface area contributed by atoms with E-state index in [1.807, 2.05) is 12.1 Å². The van der Waals surface area contributed by atoms with Gasteiger partial charge in [0.1, 0.15) is 0 Å². The van der Waals surface area contributed by atoms with Crippen molar-refractivity contribution in [3.05, 3.63) is 35.4 Å². The van der Waals surface area contributed by atoms with E-state index in [4.69, 9.17) is 0 Å². The Labute approximate surface area is 118 Å². The molecule has 1 nitrogen and oxygen atoms in total. The summed E-state index contributed by atoms with van der Waals surface area (Å²) in [4.78, 5) is 0. The molecule has 1 saturated carbocycles. The Morgan fingerprint density at radius 3 is 2.65 bits per heavy atom. The number of nitrogens with one attached hydrogen (secondary N) is 1. The fourth-order valence-corrected chi connectivity index (χ4v) is 2.97. The minimum atomic E-state index is -4.03. The van der Waals surface area contributed by atoms with Crippen LogP contribution in [0.4, 0.5) is 13.2 Å².